The molecule has 0 fully saturated rings. The second-order valence-electron chi connectivity index (χ2n) is 4.84. The zero-order chi connectivity index (χ0) is 16.1. The highest BCUT2D eigenvalue weighted by molar-refractivity contribution is 6.31. The third kappa shape index (κ3) is 4.18. The summed E-state index contributed by atoms with van der Waals surface area (Å²) in [5.41, 5.74) is 1.04. The van der Waals surface area contributed by atoms with E-state index in [1.807, 2.05) is 12.1 Å². The fraction of sp³-hybridized carbons (Fsp3) is 0.188. The Bertz CT molecular complexity index is 679. The molecule has 0 unspecified atom stereocenters. The second kappa shape index (κ2) is 7.22. The smallest absolute Gasteiger partial charge is 0.317 e. The summed E-state index contributed by atoms with van der Waals surface area (Å²) < 4.78 is 26.4. The number of hydrogen-bond donors (Lipinski definition) is 1. The van der Waals surface area contributed by atoms with Crippen molar-refractivity contribution in [1.29, 1.82) is 0 Å². The summed E-state index contributed by atoms with van der Waals surface area (Å²) in [6.07, 6.45) is 0. The van der Waals surface area contributed by atoms with Gasteiger partial charge in [0.15, 0.2) is 0 Å². The highest BCUT2D eigenvalue weighted by Gasteiger charge is 2.12. The molecule has 3 nitrogen and oxygen atoms in total. The number of carbonyl (C=O) groups is 1. The number of nitrogens with one attached hydrogen (secondary N) is 1. The molecule has 2 aromatic carbocycles. The quantitative estimate of drug-likeness (QED) is 0.907. The van der Waals surface area contributed by atoms with Gasteiger partial charge < -0.3 is 10.2 Å². The number of halogens is 3. The number of carbonyl (C=O) groups excluding carboxylic acids is 1. The fourth-order valence-corrected chi connectivity index (χ4v) is 2.13. The standard InChI is InChI=1S/C16H15ClF2N2O/c1-21(10-12-6-7-13(18)8-15(12)19)16(22)20-9-11-4-2-3-5-14(11)17/h2-8H,9-10H2,1H3,(H,20,22). The third-order valence-corrected chi connectivity index (χ3v) is 3.53. The van der Waals surface area contributed by atoms with Crippen molar-refractivity contribution in [3.63, 3.8) is 0 Å². The van der Waals surface area contributed by atoms with Crippen LogP contribution < -0.4 is 5.32 Å². The minimum atomic E-state index is -0.675. The SMILES string of the molecule is CN(Cc1ccc(F)cc1F)C(=O)NCc1ccccc1Cl. The molecule has 0 aliphatic rings. The molecule has 0 saturated heterocycles. The van der Waals surface area contributed by atoms with Crippen molar-refractivity contribution in [3.05, 3.63) is 70.2 Å². The van der Waals surface area contributed by atoms with Crippen LogP contribution in [0.1, 0.15) is 11.1 Å². The van der Waals surface area contributed by atoms with E-state index in [2.05, 4.69) is 5.32 Å². The third-order valence-electron chi connectivity index (χ3n) is 3.16. The number of urea groups is 1. The minimum absolute atomic E-state index is 0.0421. The van der Waals surface area contributed by atoms with Crippen LogP contribution in [0.3, 0.4) is 0 Å². The monoisotopic (exact) mass is 324 g/mol. The van der Waals surface area contributed by atoms with Crippen LogP contribution in [0, 0.1) is 11.6 Å². The Morgan fingerprint density at radius 1 is 1.18 bits per heavy atom. The van der Waals surface area contributed by atoms with Crippen molar-refractivity contribution >= 4 is 17.6 Å². The highest BCUT2D eigenvalue weighted by atomic mass is 35.5. The van der Waals surface area contributed by atoms with Crippen molar-refractivity contribution in [3.8, 4) is 0 Å². The van der Waals surface area contributed by atoms with E-state index in [0.717, 1.165) is 17.7 Å². The Hall–Kier alpha value is -2.14. The van der Waals surface area contributed by atoms with Gasteiger partial charge in [-0.05, 0) is 17.7 Å². The van der Waals surface area contributed by atoms with E-state index in [-0.39, 0.29) is 24.7 Å². The number of benzene rings is 2. The van der Waals surface area contributed by atoms with E-state index >= 15 is 0 Å². The van der Waals surface area contributed by atoms with Crippen LogP contribution in [0.2, 0.25) is 5.02 Å². The van der Waals surface area contributed by atoms with Gasteiger partial charge in [-0.3, -0.25) is 0 Å². The molecule has 2 aromatic rings. The lowest BCUT2D eigenvalue weighted by molar-refractivity contribution is 0.206. The van der Waals surface area contributed by atoms with Gasteiger partial charge in [0.1, 0.15) is 11.6 Å². The Morgan fingerprint density at radius 3 is 2.59 bits per heavy atom. The molecule has 0 aromatic heterocycles. The number of hydrogen-bond acceptors (Lipinski definition) is 1. The largest absolute Gasteiger partial charge is 0.334 e. The number of nitrogens with zero attached hydrogens (tertiary/aromatic N) is 1. The molecule has 2 rings (SSSR count). The summed E-state index contributed by atoms with van der Waals surface area (Å²) in [7, 11) is 1.53. The average Bonchev–Trinajstić information content (AvgIpc) is 2.49. The first-order chi connectivity index (χ1) is 10.5. The topological polar surface area (TPSA) is 32.3 Å². The first-order valence-electron chi connectivity index (χ1n) is 6.63. The molecule has 2 amide bonds. The van der Waals surface area contributed by atoms with Gasteiger partial charge in [0.05, 0.1) is 0 Å². The molecule has 0 atom stereocenters. The predicted molar refractivity (Wildman–Crippen MR) is 81.5 cm³/mol. The van der Waals surface area contributed by atoms with Crippen molar-refractivity contribution in [2.45, 2.75) is 13.1 Å². The molecule has 0 radical (unpaired) electrons. The molecule has 0 aliphatic heterocycles. The van der Waals surface area contributed by atoms with Gasteiger partial charge in [-0.25, -0.2) is 13.6 Å². The van der Waals surface area contributed by atoms with Gasteiger partial charge in [-0.2, -0.15) is 0 Å². The van der Waals surface area contributed by atoms with Crippen LogP contribution in [0.25, 0.3) is 0 Å². The van der Waals surface area contributed by atoms with Crippen LogP contribution in [0.15, 0.2) is 42.5 Å². The van der Waals surface area contributed by atoms with Gasteiger partial charge >= 0.3 is 6.03 Å². The summed E-state index contributed by atoms with van der Waals surface area (Å²) in [6.45, 7) is 0.315. The highest BCUT2D eigenvalue weighted by Crippen LogP contribution is 2.15. The molecule has 0 heterocycles. The van der Waals surface area contributed by atoms with Crippen LogP contribution in [-0.2, 0) is 13.1 Å². The second-order valence-corrected chi connectivity index (χ2v) is 5.25. The molecule has 22 heavy (non-hydrogen) atoms. The Kier molecular flexibility index (Phi) is 5.33. The lowest BCUT2D eigenvalue weighted by atomic mass is 10.2. The summed E-state index contributed by atoms with van der Waals surface area (Å²) in [4.78, 5) is 13.3. The lowest BCUT2D eigenvalue weighted by Crippen LogP contribution is -2.36. The zero-order valence-corrected chi connectivity index (χ0v) is 12.7. The van der Waals surface area contributed by atoms with Gasteiger partial charge in [0.2, 0.25) is 0 Å². The molecule has 6 heteroatoms. The molecule has 1 N–H and O–H groups in total. The van der Waals surface area contributed by atoms with Crippen molar-refractivity contribution in [2.24, 2.45) is 0 Å². The zero-order valence-electron chi connectivity index (χ0n) is 11.9. The van der Waals surface area contributed by atoms with Crippen LogP contribution >= 0.6 is 11.6 Å². The Morgan fingerprint density at radius 2 is 1.91 bits per heavy atom. The van der Waals surface area contributed by atoms with E-state index in [1.165, 1.54) is 18.0 Å². The van der Waals surface area contributed by atoms with Crippen LogP contribution in [-0.4, -0.2) is 18.0 Å². The van der Waals surface area contributed by atoms with E-state index in [9.17, 15) is 13.6 Å². The first-order valence-corrected chi connectivity index (χ1v) is 7.01. The normalized spacial score (nSPS) is 10.4. The predicted octanol–water partition coefficient (Wildman–Crippen LogP) is 3.96. The van der Waals surface area contributed by atoms with E-state index in [4.69, 9.17) is 11.6 Å². The van der Waals surface area contributed by atoms with Gasteiger partial charge in [0.25, 0.3) is 0 Å². The Labute approximate surface area is 132 Å². The summed E-state index contributed by atoms with van der Waals surface area (Å²) in [6, 6.07) is 10.1. The molecular formula is C16H15ClF2N2O. The first kappa shape index (κ1) is 16.2. The van der Waals surface area contributed by atoms with Crippen LogP contribution in [0.4, 0.5) is 13.6 Å². The van der Waals surface area contributed by atoms with Crippen molar-refractivity contribution in [1.82, 2.24) is 10.2 Å². The summed E-state index contributed by atoms with van der Waals surface area (Å²) in [5.74, 6) is -1.32. The van der Waals surface area contributed by atoms with Gasteiger partial charge in [-0.1, -0.05) is 35.9 Å². The Balaban J connectivity index is 1.93. The van der Waals surface area contributed by atoms with E-state index in [0.29, 0.717) is 5.02 Å². The van der Waals surface area contributed by atoms with Gasteiger partial charge in [0, 0.05) is 36.8 Å². The maximum atomic E-state index is 13.6. The summed E-state index contributed by atoms with van der Waals surface area (Å²) in [5, 5.41) is 3.26. The summed E-state index contributed by atoms with van der Waals surface area (Å²) >= 11 is 6.00. The lowest BCUT2D eigenvalue weighted by Gasteiger charge is -2.18. The molecule has 0 saturated carbocycles. The maximum absolute atomic E-state index is 13.6. The molecule has 0 bridgehead atoms. The molecule has 0 aliphatic carbocycles. The number of amides is 2. The van der Waals surface area contributed by atoms with Gasteiger partial charge in [-0.15, -0.1) is 0 Å². The maximum Gasteiger partial charge on any atom is 0.317 e. The number of rotatable bonds is 4. The van der Waals surface area contributed by atoms with Crippen molar-refractivity contribution < 1.29 is 13.6 Å². The van der Waals surface area contributed by atoms with Crippen molar-refractivity contribution in [2.75, 3.05) is 7.05 Å². The molecular weight excluding hydrogens is 310 g/mol. The molecule has 0 spiro atoms. The fourth-order valence-electron chi connectivity index (χ4n) is 1.92. The minimum Gasteiger partial charge on any atom is -0.334 e. The van der Waals surface area contributed by atoms with Crippen LogP contribution in [0.5, 0.6) is 0 Å². The molecule has 116 valence electrons. The van der Waals surface area contributed by atoms with E-state index < -0.39 is 11.6 Å². The average molecular weight is 325 g/mol. The van der Waals surface area contributed by atoms with E-state index in [1.54, 1.807) is 12.1 Å².